The lowest BCUT2D eigenvalue weighted by molar-refractivity contribution is -0.118. The number of alkyl carbamates (subject to hydrolysis) is 1. The van der Waals surface area contributed by atoms with E-state index in [2.05, 4.69) is 10.6 Å². The smallest absolute Gasteiger partial charge is 0.411 e. The van der Waals surface area contributed by atoms with Gasteiger partial charge >= 0.3 is 6.09 Å². The average Bonchev–Trinajstić information content (AvgIpc) is 1.94. The van der Waals surface area contributed by atoms with Crippen LogP contribution < -0.4 is 10.6 Å². The fourth-order valence-corrected chi connectivity index (χ4v) is 0.576. The van der Waals surface area contributed by atoms with Crippen LogP contribution in [0.3, 0.4) is 0 Å². The van der Waals surface area contributed by atoms with Crippen LogP contribution in [0.5, 0.6) is 0 Å². The lowest BCUT2D eigenvalue weighted by atomic mass is 10.2. The van der Waals surface area contributed by atoms with Crippen molar-refractivity contribution < 1.29 is 14.3 Å². The molecule has 0 unspecified atom stereocenters. The predicted octanol–water partition coefficient (Wildman–Crippen LogP) is 1.12. The first-order chi connectivity index (χ1) is 6.31. The molecule has 0 fully saturated rings. The highest BCUT2D eigenvalue weighted by Gasteiger charge is 2.14. The molecule has 0 radical (unpaired) electrons. The topological polar surface area (TPSA) is 67.4 Å². The number of rotatable bonds is 2. The summed E-state index contributed by atoms with van der Waals surface area (Å²) in [7, 11) is 0. The van der Waals surface area contributed by atoms with Gasteiger partial charge in [-0.1, -0.05) is 0 Å². The van der Waals surface area contributed by atoms with Gasteiger partial charge in [0.25, 0.3) is 0 Å². The first-order valence-corrected chi connectivity index (χ1v) is 4.23. The van der Waals surface area contributed by atoms with Crippen LogP contribution in [0.15, 0.2) is 12.4 Å². The van der Waals surface area contributed by atoms with E-state index in [4.69, 9.17) is 4.74 Å². The molecular weight excluding hydrogens is 184 g/mol. The van der Waals surface area contributed by atoms with E-state index in [9.17, 15) is 9.59 Å². The fraction of sp³-hybridized carbons (Fsp3) is 0.556. The molecule has 0 aromatic rings. The summed E-state index contributed by atoms with van der Waals surface area (Å²) in [5, 5.41) is 4.71. The molecule has 0 saturated heterocycles. The van der Waals surface area contributed by atoms with E-state index in [0.717, 1.165) is 0 Å². The van der Waals surface area contributed by atoms with Gasteiger partial charge in [0.05, 0.1) is 0 Å². The van der Waals surface area contributed by atoms with Gasteiger partial charge in [0.2, 0.25) is 5.91 Å². The van der Waals surface area contributed by atoms with Gasteiger partial charge in [0, 0.05) is 19.3 Å². The van der Waals surface area contributed by atoms with Crippen LogP contribution in [0, 0.1) is 0 Å². The van der Waals surface area contributed by atoms with E-state index in [0.29, 0.717) is 0 Å². The zero-order valence-corrected chi connectivity index (χ0v) is 8.88. The summed E-state index contributed by atoms with van der Waals surface area (Å²) >= 11 is 0. The summed E-state index contributed by atoms with van der Waals surface area (Å²) in [6.45, 7) is 6.68. The van der Waals surface area contributed by atoms with E-state index >= 15 is 0 Å². The molecule has 80 valence electrons. The minimum Gasteiger partial charge on any atom is -0.444 e. The van der Waals surface area contributed by atoms with Crippen molar-refractivity contribution in [1.82, 2.24) is 10.6 Å². The van der Waals surface area contributed by atoms with Crippen LogP contribution in [-0.4, -0.2) is 17.6 Å². The SMILES string of the molecule is CC(=O)NC=CNC(=O)OC(C)(C)C. The number of carbonyl (C=O) groups is 2. The Labute approximate surface area is 83.5 Å². The molecule has 2 amide bonds. The normalized spacial score (nSPS) is 11.1. The molecule has 0 bridgehead atoms. The second-order valence-corrected chi connectivity index (χ2v) is 3.68. The lowest BCUT2D eigenvalue weighted by Crippen LogP contribution is -2.30. The molecule has 0 aromatic heterocycles. The van der Waals surface area contributed by atoms with Gasteiger partial charge in [0.1, 0.15) is 5.60 Å². The van der Waals surface area contributed by atoms with E-state index in [-0.39, 0.29) is 5.91 Å². The molecule has 2 N–H and O–H groups in total. The zero-order valence-electron chi connectivity index (χ0n) is 8.88. The van der Waals surface area contributed by atoms with Crippen molar-refractivity contribution in [1.29, 1.82) is 0 Å². The van der Waals surface area contributed by atoms with Crippen LogP contribution in [0.2, 0.25) is 0 Å². The molecule has 0 aliphatic rings. The zero-order chi connectivity index (χ0) is 11.2. The van der Waals surface area contributed by atoms with Gasteiger partial charge in [-0.25, -0.2) is 4.79 Å². The van der Waals surface area contributed by atoms with E-state index < -0.39 is 11.7 Å². The Morgan fingerprint density at radius 1 is 1.14 bits per heavy atom. The first kappa shape index (κ1) is 12.5. The Morgan fingerprint density at radius 2 is 1.64 bits per heavy atom. The second-order valence-electron chi connectivity index (χ2n) is 3.68. The summed E-state index contributed by atoms with van der Waals surface area (Å²) in [5.74, 6) is -0.202. The van der Waals surface area contributed by atoms with Crippen molar-refractivity contribution in [3.8, 4) is 0 Å². The first-order valence-electron chi connectivity index (χ1n) is 4.23. The molecule has 0 atom stereocenters. The standard InChI is InChI=1S/C9H16N2O3/c1-7(12)10-5-6-11-8(13)14-9(2,3)4/h5-6H,1-4H3,(H,10,12)(H,11,13). The van der Waals surface area contributed by atoms with Crippen molar-refractivity contribution in [3.63, 3.8) is 0 Å². The minimum absolute atomic E-state index is 0.202. The van der Waals surface area contributed by atoms with E-state index in [1.165, 1.54) is 19.3 Å². The number of ether oxygens (including phenoxy) is 1. The molecule has 0 spiro atoms. The van der Waals surface area contributed by atoms with E-state index in [1.54, 1.807) is 20.8 Å². The molecule has 0 rings (SSSR count). The number of carbonyl (C=O) groups excluding carboxylic acids is 2. The third-order valence-electron chi connectivity index (χ3n) is 0.970. The van der Waals surface area contributed by atoms with Gasteiger partial charge in [-0.2, -0.15) is 0 Å². The lowest BCUT2D eigenvalue weighted by Gasteiger charge is -2.18. The van der Waals surface area contributed by atoms with Crippen LogP contribution in [-0.2, 0) is 9.53 Å². The Balaban J connectivity index is 3.75. The van der Waals surface area contributed by atoms with Gasteiger partial charge in [-0.3, -0.25) is 10.1 Å². The maximum Gasteiger partial charge on any atom is 0.411 e. The highest BCUT2D eigenvalue weighted by atomic mass is 16.6. The molecule has 0 aliphatic carbocycles. The Morgan fingerprint density at radius 3 is 2.07 bits per heavy atom. The Hall–Kier alpha value is -1.52. The minimum atomic E-state index is -0.556. The monoisotopic (exact) mass is 200 g/mol. The third kappa shape index (κ3) is 8.58. The fourth-order valence-electron chi connectivity index (χ4n) is 0.576. The van der Waals surface area contributed by atoms with Crippen LogP contribution in [0.25, 0.3) is 0 Å². The summed E-state index contributed by atoms with van der Waals surface area (Å²) in [4.78, 5) is 21.4. The summed E-state index contributed by atoms with van der Waals surface area (Å²) in [5.41, 5.74) is -0.522. The summed E-state index contributed by atoms with van der Waals surface area (Å²) < 4.78 is 4.93. The van der Waals surface area contributed by atoms with Crippen molar-refractivity contribution in [2.24, 2.45) is 0 Å². The Kier molecular flexibility index (Phi) is 4.69. The van der Waals surface area contributed by atoms with Crippen molar-refractivity contribution in [2.75, 3.05) is 0 Å². The van der Waals surface area contributed by atoms with E-state index in [1.807, 2.05) is 0 Å². The molecule has 5 nitrogen and oxygen atoms in total. The molecular formula is C9H16N2O3. The second kappa shape index (κ2) is 5.26. The molecule has 0 aromatic carbocycles. The van der Waals surface area contributed by atoms with Gasteiger partial charge < -0.3 is 10.1 Å². The molecule has 0 heterocycles. The van der Waals surface area contributed by atoms with Crippen molar-refractivity contribution in [2.45, 2.75) is 33.3 Å². The summed E-state index contributed by atoms with van der Waals surface area (Å²) in [6.07, 6.45) is 2.07. The molecule has 0 saturated carbocycles. The predicted molar refractivity (Wildman–Crippen MR) is 52.3 cm³/mol. The molecule has 0 aliphatic heterocycles. The van der Waals surface area contributed by atoms with Crippen LogP contribution in [0.1, 0.15) is 27.7 Å². The van der Waals surface area contributed by atoms with Gasteiger partial charge in [0.15, 0.2) is 0 Å². The molecule has 14 heavy (non-hydrogen) atoms. The quantitative estimate of drug-likeness (QED) is 0.701. The van der Waals surface area contributed by atoms with Crippen LogP contribution in [0.4, 0.5) is 4.79 Å². The Bertz CT molecular complexity index is 241. The van der Waals surface area contributed by atoms with Crippen molar-refractivity contribution in [3.05, 3.63) is 12.4 Å². The maximum absolute atomic E-state index is 11.0. The van der Waals surface area contributed by atoms with Gasteiger partial charge in [-0.05, 0) is 20.8 Å². The maximum atomic E-state index is 11.0. The molecule has 5 heteroatoms. The number of nitrogens with one attached hydrogen (secondary N) is 2. The van der Waals surface area contributed by atoms with Crippen LogP contribution >= 0.6 is 0 Å². The highest BCUT2D eigenvalue weighted by Crippen LogP contribution is 2.05. The number of hydrogen-bond donors (Lipinski definition) is 2. The highest BCUT2D eigenvalue weighted by molar-refractivity contribution is 5.74. The average molecular weight is 200 g/mol. The number of amides is 2. The largest absolute Gasteiger partial charge is 0.444 e. The third-order valence-corrected chi connectivity index (χ3v) is 0.970. The van der Waals surface area contributed by atoms with Crippen molar-refractivity contribution >= 4 is 12.0 Å². The number of hydrogen-bond acceptors (Lipinski definition) is 3. The summed E-state index contributed by atoms with van der Waals surface area (Å²) in [6, 6.07) is 0. The van der Waals surface area contributed by atoms with Gasteiger partial charge in [-0.15, -0.1) is 0 Å².